The minimum absolute atomic E-state index is 0.0366. The number of para-hydroxylation sites is 1. The summed E-state index contributed by atoms with van der Waals surface area (Å²) in [6.07, 6.45) is 6.73. The first-order valence-corrected chi connectivity index (χ1v) is 7.90. The molecule has 0 bridgehead atoms. The second-order valence-corrected chi connectivity index (χ2v) is 6.12. The summed E-state index contributed by atoms with van der Waals surface area (Å²) in [5.41, 5.74) is 2.47. The Kier molecular flexibility index (Phi) is 3.95. The van der Waals surface area contributed by atoms with Gasteiger partial charge in [0.05, 0.1) is 0 Å². The van der Waals surface area contributed by atoms with Crippen LogP contribution in [0.15, 0.2) is 24.3 Å². The summed E-state index contributed by atoms with van der Waals surface area (Å²) in [5, 5.41) is 3.44. The average Bonchev–Trinajstić information content (AvgIpc) is 2.70. The fourth-order valence-corrected chi connectivity index (χ4v) is 3.43. The van der Waals surface area contributed by atoms with E-state index in [1.807, 2.05) is 6.07 Å². The molecule has 1 aromatic carbocycles. The van der Waals surface area contributed by atoms with Crippen molar-refractivity contribution < 1.29 is 4.79 Å². The molecule has 3 rings (SSSR count). The molecule has 2 atom stereocenters. The molecule has 1 amide bonds. The van der Waals surface area contributed by atoms with Crippen LogP contribution in [0.3, 0.4) is 0 Å². The lowest BCUT2D eigenvalue weighted by Gasteiger charge is -2.34. The molecule has 20 heavy (non-hydrogen) atoms. The number of amides is 1. The number of nitrogens with zero attached hydrogens (tertiary/aromatic N) is 1. The van der Waals surface area contributed by atoms with E-state index in [0.29, 0.717) is 11.9 Å². The van der Waals surface area contributed by atoms with Gasteiger partial charge < -0.3 is 10.2 Å². The zero-order valence-corrected chi connectivity index (χ0v) is 12.3. The van der Waals surface area contributed by atoms with Crippen LogP contribution in [-0.2, 0) is 11.2 Å². The van der Waals surface area contributed by atoms with Gasteiger partial charge in [0.2, 0.25) is 5.91 Å². The number of benzene rings is 1. The van der Waals surface area contributed by atoms with Gasteiger partial charge in [0.25, 0.3) is 0 Å². The van der Waals surface area contributed by atoms with Crippen LogP contribution >= 0.6 is 0 Å². The standard InChI is InChI=1S/C17H24N2O/c1-13-7-3-2-6-12-19(13)17(20)16-11-10-14-8-4-5-9-15(14)18-16/h4-5,8-9,13,16,18H,2-3,6-7,10-12H2,1H3. The van der Waals surface area contributed by atoms with E-state index >= 15 is 0 Å². The zero-order valence-electron chi connectivity index (χ0n) is 12.3. The SMILES string of the molecule is CC1CCCCCN1C(=O)C1CCc2ccccc2N1. The van der Waals surface area contributed by atoms with E-state index < -0.39 is 0 Å². The van der Waals surface area contributed by atoms with Crippen LogP contribution in [0.25, 0.3) is 0 Å². The van der Waals surface area contributed by atoms with Crippen molar-refractivity contribution in [2.75, 3.05) is 11.9 Å². The fraction of sp³-hybridized carbons (Fsp3) is 0.588. The van der Waals surface area contributed by atoms with Crippen LogP contribution in [0.5, 0.6) is 0 Å². The molecule has 0 aromatic heterocycles. The highest BCUT2D eigenvalue weighted by Gasteiger charge is 2.30. The number of hydrogen-bond donors (Lipinski definition) is 1. The summed E-state index contributed by atoms with van der Waals surface area (Å²) >= 11 is 0. The quantitative estimate of drug-likeness (QED) is 0.851. The molecule has 1 aromatic rings. The van der Waals surface area contributed by atoms with Crippen LogP contribution in [0.1, 0.15) is 44.6 Å². The molecule has 0 aliphatic carbocycles. The molecule has 3 nitrogen and oxygen atoms in total. The first kappa shape index (κ1) is 13.5. The van der Waals surface area contributed by atoms with Crippen molar-refractivity contribution in [1.29, 1.82) is 0 Å². The minimum Gasteiger partial charge on any atom is -0.373 e. The molecule has 0 spiro atoms. The van der Waals surface area contributed by atoms with E-state index in [0.717, 1.165) is 37.9 Å². The third kappa shape index (κ3) is 2.67. The predicted octanol–water partition coefficient (Wildman–Crippen LogP) is 3.20. The Balaban J connectivity index is 1.72. The second kappa shape index (κ2) is 5.86. The molecule has 3 heteroatoms. The van der Waals surface area contributed by atoms with Crippen LogP contribution in [0.4, 0.5) is 5.69 Å². The summed E-state index contributed by atoms with van der Waals surface area (Å²) in [6, 6.07) is 8.69. The third-order valence-corrected chi connectivity index (χ3v) is 4.68. The molecular formula is C17H24N2O. The van der Waals surface area contributed by atoms with Gasteiger partial charge in [-0.1, -0.05) is 31.0 Å². The monoisotopic (exact) mass is 272 g/mol. The largest absolute Gasteiger partial charge is 0.373 e. The Morgan fingerprint density at radius 2 is 2.05 bits per heavy atom. The first-order chi connectivity index (χ1) is 9.75. The number of fused-ring (bicyclic) bond motifs is 1. The maximum atomic E-state index is 12.8. The average molecular weight is 272 g/mol. The van der Waals surface area contributed by atoms with E-state index in [1.165, 1.54) is 18.4 Å². The number of nitrogens with one attached hydrogen (secondary N) is 1. The Morgan fingerprint density at radius 3 is 2.95 bits per heavy atom. The molecule has 108 valence electrons. The number of rotatable bonds is 1. The van der Waals surface area contributed by atoms with Crippen molar-refractivity contribution in [1.82, 2.24) is 4.90 Å². The Labute approximate surface area is 121 Å². The highest BCUT2D eigenvalue weighted by molar-refractivity contribution is 5.86. The summed E-state index contributed by atoms with van der Waals surface area (Å²) < 4.78 is 0. The number of hydrogen-bond acceptors (Lipinski definition) is 2. The van der Waals surface area contributed by atoms with Gasteiger partial charge in [-0.3, -0.25) is 4.79 Å². The summed E-state index contributed by atoms with van der Waals surface area (Å²) in [6.45, 7) is 3.12. The van der Waals surface area contributed by atoms with Crippen molar-refractivity contribution in [2.45, 2.75) is 57.5 Å². The van der Waals surface area contributed by atoms with Gasteiger partial charge in [-0.15, -0.1) is 0 Å². The molecule has 2 aliphatic heterocycles. The van der Waals surface area contributed by atoms with Crippen LogP contribution in [0, 0.1) is 0 Å². The number of anilines is 1. The summed E-state index contributed by atoms with van der Waals surface area (Å²) in [5.74, 6) is 0.300. The van der Waals surface area contributed by atoms with Gasteiger partial charge in [-0.05, 0) is 44.2 Å². The molecular weight excluding hydrogens is 248 g/mol. The number of likely N-dealkylation sites (tertiary alicyclic amines) is 1. The molecule has 2 unspecified atom stereocenters. The fourth-order valence-electron chi connectivity index (χ4n) is 3.43. The molecule has 1 N–H and O–H groups in total. The lowest BCUT2D eigenvalue weighted by atomic mass is 9.97. The topological polar surface area (TPSA) is 32.3 Å². The van der Waals surface area contributed by atoms with Gasteiger partial charge in [0.15, 0.2) is 0 Å². The van der Waals surface area contributed by atoms with Crippen LogP contribution < -0.4 is 5.32 Å². The van der Waals surface area contributed by atoms with Gasteiger partial charge in [0, 0.05) is 18.3 Å². The molecule has 2 heterocycles. The van der Waals surface area contributed by atoms with Crippen molar-refractivity contribution in [2.24, 2.45) is 0 Å². The van der Waals surface area contributed by atoms with Gasteiger partial charge in [-0.25, -0.2) is 0 Å². The maximum absolute atomic E-state index is 12.8. The lowest BCUT2D eigenvalue weighted by molar-refractivity contribution is -0.134. The number of carbonyl (C=O) groups is 1. The van der Waals surface area contributed by atoms with Gasteiger partial charge >= 0.3 is 0 Å². The van der Waals surface area contributed by atoms with E-state index in [2.05, 4.69) is 35.3 Å². The maximum Gasteiger partial charge on any atom is 0.245 e. The van der Waals surface area contributed by atoms with Crippen LogP contribution in [0.2, 0.25) is 0 Å². The van der Waals surface area contributed by atoms with E-state index in [-0.39, 0.29) is 6.04 Å². The van der Waals surface area contributed by atoms with E-state index in [4.69, 9.17) is 0 Å². The first-order valence-electron chi connectivity index (χ1n) is 7.90. The minimum atomic E-state index is -0.0366. The highest BCUT2D eigenvalue weighted by atomic mass is 16.2. The van der Waals surface area contributed by atoms with Gasteiger partial charge in [0.1, 0.15) is 6.04 Å². The normalized spacial score (nSPS) is 26.4. The van der Waals surface area contributed by atoms with E-state index in [9.17, 15) is 4.79 Å². The van der Waals surface area contributed by atoms with Gasteiger partial charge in [-0.2, -0.15) is 0 Å². The number of carbonyl (C=O) groups excluding carboxylic acids is 1. The molecule has 0 saturated carbocycles. The predicted molar refractivity (Wildman–Crippen MR) is 81.8 cm³/mol. The molecule has 2 aliphatic rings. The second-order valence-electron chi connectivity index (χ2n) is 6.12. The van der Waals surface area contributed by atoms with Crippen molar-refractivity contribution >= 4 is 11.6 Å². The van der Waals surface area contributed by atoms with E-state index in [1.54, 1.807) is 0 Å². The molecule has 0 radical (unpaired) electrons. The Hall–Kier alpha value is -1.51. The highest BCUT2D eigenvalue weighted by Crippen LogP contribution is 2.26. The van der Waals surface area contributed by atoms with Crippen molar-refractivity contribution in [3.63, 3.8) is 0 Å². The van der Waals surface area contributed by atoms with Crippen molar-refractivity contribution in [3.8, 4) is 0 Å². The van der Waals surface area contributed by atoms with Crippen LogP contribution in [-0.4, -0.2) is 29.4 Å². The zero-order chi connectivity index (χ0) is 13.9. The summed E-state index contributed by atoms with van der Waals surface area (Å²) in [7, 11) is 0. The third-order valence-electron chi connectivity index (χ3n) is 4.68. The molecule has 1 saturated heterocycles. The lowest BCUT2D eigenvalue weighted by Crippen LogP contribution is -2.48. The Morgan fingerprint density at radius 1 is 1.20 bits per heavy atom. The Bertz CT molecular complexity index is 486. The molecule has 1 fully saturated rings. The van der Waals surface area contributed by atoms with Crippen molar-refractivity contribution in [3.05, 3.63) is 29.8 Å². The summed E-state index contributed by atoms with van der Waals surface area (Å²) in [4.78, 5) is 14.9. The smallest absolute Gasteiger partial charge is 0.245 e. The number of aryl methyl sites for hydroxylation is 1.